The standard InChI is InChI=1S/C15H11ClO4S/c16-14-8-7-13(21-14)12(17)6-3-10-1-4-11(5-2-10)20-9-15(18)19/h1-8H,9H2,(H,18,19). The average molecular weight is 323 g/mol. The van der Waals surface area contributed by atoms with Crippen molar-refractivity contribution < 1.29 is 19.4 Å². The molecule has 0 bridgehead atoms. The maximum atomic E-state index is 11.9. The van der Waals surface area contributed by atoms with Crippen LogP contribution in [0, 0.1) is 0 Å². The van der Waals surface area contributed by atoms with Crippen molar-refractivity contribution in [1.82, 2.24) is 0 Å². The van der Waals surface area contributed by atoms with Crippen molar-refractivity contribution in [2.75, 3.05) is 6.61 Å². The largest absolute Gasteiger partial charge is 0.482 e. The van der Waals surface area contributed by atoms with Crippen LogP contribution in [0.25, 0.3) is 6.08 Å². The van der Waals surface area contributed by atoms with Gasteiger partial charge in [-0.15, -0.1) is 11.3 Å². The Morgan fingerprint density at radius 1 is 1.19 bits per heavy atom. The quantitative estimate of drug-likeness (QED) is 0.649. The van der Waals surface area contributed by atoms with E-state index in [2.05, 4.69) is 0 Å². The zero-order valence-corrected chi connectivity index (χ0v) is 12.4. The molecule has 21 heavy (non-hydrogen) atoms. The maximum absolute atomic E-state index is 11.9. The number of ketones is 1. The molecule has 1 N–H and O–H groups in total. The SMILES string of the molecule is O=C(O)COc1ccc(C=CC(=O)c2ccc(Cl)s2)cc1. The van der Waals surface area contributed by atoms with E-state index < -0.39 is 5.97 Å². The number of hydrogen-bond acceptors (Lipinski definition) is 4. The van der Waals surface area contributed by atoms with Gasteiger partial charge in [-0.05, 0) is 35.9 Å². The molecule has 0 saturated carbocycles. The maximum Gasteiger partial charge on any atom is 0.341 e. The van der Waals surface area contributed by atoms with Crippen molar-refractivity contribution in [3.63, 3.8) is 0 Å². The van der Waals surface area contributed by atoms with E-state index in [9.17, 15) is 9.59 Å². The van der Waals surface area contributed by atoms with E-state index in [4.69, 9.17) is 21.4 Å². The lowest BCUT2D eigenvalue weighted by Crippen LogP contribution is -2.09. The highest BCUT2D eigenvalue weighted by atomic mass is 35.5. The molecule has 0 unspecified atom stereocenters. The van der Waals surface area contributed by atoms with Gasteiger partial charge in [0.2, 0.25) is 0 Å². The molecule has 2 rings (SSSR count). The Hall–Kier alpha value is -2.11. The van der Waals surface area contributed by atoms with Gasteiger partial charge >= 0.3 is 5.97 Å². The number of halogens is 1. The number of carbonyl (C=O) groups is 2. The van der Waals surface area contributed by atoms with Gasteiger partial charge in [0.25, 0.3) is 0 Å². The summed E-state index contributed by atoms with van der Waals surface area (Å²) >= 11 is 7.01. The Labute approximate surface area is 130 Å². The zero-order chi connectivity index (χ0) is 15.2. The first-order valence-corrected chi connectivity index (χ1v) is 7.16. The molecular weight excluding hydrogens is 312 g/mol. The first kappa shape index (κ1) is 15.3. The summed E-state index contributed by atoms with van der Waals surface area (Å²) in [6.45, 7) is -0.382. The van der Waals surface area contributed by atoms with Crippen LogP contribution in [0.15, 0.2) is 42.5 Å². The third-order valence-corrected chi connectivity index (χ3v) is 3.73. The predicted molar refractivity (Wildman–Crippen MR) is 82.3 cm³/mol. The number of ether oxygens (including phenoxy) is 1. The molecule has 0 aliphatic carbocycles. The van der Waals surface area contributed by atoms with Crippen molar-refractivity contribution in [2.24, 2.45) is 0 Å². The molecule has 0 atom stereocenters. The lowest BCUT2D eigenvalue weighted by molar-refractivity contribution is -0.139. The van der Waals surface area contributed by atoms with E-state index in [0.29, 0.717) is 15.0 Å². The van der Waals surface area contributed by atoms with Gasteiger partial charge in [0.1, 0.15) is 5.75 Å². The zero-order valence-electron chi connectivity index (χ0n) is 10.8. The van der Waals surface area contributed by atoms with E-state index >= 15 is 0 Å². The number of aliphatic carboxylic acids is 1. The van der Waals surface area contributed by atoms with Gasteiger partial charge in [-0.3, -0.25) is 4.79 Å². The molecule has 4 nitrogen and oxygen atoms in total. The van der Waals surface area contributed by atoms with Crippen molar-refractivity contribution in [3.8, 4) is 5.75 Å². The Bertz CT molecular complexity index is 673. The van der Waals surface area contributed by atoms with Crippen molar-refractivity contribution in [2.45, 2.75) is 0 Å². The molecule has 1 heterocycles. The summed E-state index contributed by atoms with van der Waals surface area (Å²) in [6, 6.07) is 10.1. The highest BCUT2D eigenvalue weighted by Crippen LogP contribution is 2.22. The van der Waals surface area contributed by atoms with Gasteiger partial charge in [-0.1, -0.05) is 29.8 Å². The Kier molecular flexibility index (Phi) is 5.14. The Morgan fingerprint density at radius 2 is 1.90 bits per heavy atom. The van der Waals surface area contributed by atoms with Crippen LogP contribution in [0.5, 0.6) is 5.75 Å². The number of carboxylic acid groups (broad SMARTS) is 1. The van der Waals surface area contributed by atoms with Crippen LogP contribution in [0.4, 0.5) is 0 Å². The summed E-state index contributed by atoms with van der Waals surface area (Å²) in [5.41, 5.74) is 0.814. The Morgan fingerprint density at radius 3 is 2.48 bits per heavy atom. The minimum absolute atomic E-state index is 0.113. The van der Waals surface area contributed by atoms with Gasteiger partial charge in [-0.2, -0.15) is 0 Å². The summed E-state index contributed by atoms with van der Waals surface area (Å²) in [4.78, 5) is 22.8. The molecule has 0 aliphatic rings. The molecule has 1 aromatic carbocycles. The number of hydrogen-bond donors (Lipinski definition) is 1. The van der Waals surface area contributed by atoms with E-state index in [0.717, 1.165) is 5.56 Å². The fourth-order valence-electron chi connectivity index (χ4n) is 1.52. The molecule has 2 aromatic rings. The fraction of sp³-hybridized carbons (Fsp3) is 0.0667. The highest BCUT2D eigenvalue weighted by Gasteiger charge is 2.05. The van der Waals surface area contributed by atoms with Crippen LogP contribution < -0.4 is 4.74 Å². The van der Waals surface area contributed by atoms with E-state index in [1.165, 1.54) is 17.4 Å². The first-order valence-electron chi connectivity index (χ1n) is 5.97. The van der Waals surface area contributed by atoms with Crippen LogP contribution in [0.1, 0.15) is 15.2 Å². The molecule has 0 amide bonds. The fourth-order valence-corrected chi connectivity index (χ4v) is 2.48. The van der Waals surface area contributed by atoms with Crippen LogP contribution in [-0.2, 0) is 4.79 Å². The number of allylic oxidation sites excluding steroid dienone is 1. The van der Waals surface area contributed by atoms with E-state index in [1.54, 1.807) is 42.5 Å². The summed E-state index contributed by atoms with van der Waals surface area (Å²) in [7, 11) is 0. The highest BCUT2D eigenvalue weighted by molar-refractivity contribution is 7.18. The minimum Gasteiger partial charge on any atom is -0.482 e. The lowest BCUT2D eigenvalue weighted by atomic mass is 10.2. The smallest absolute Gasteiger partial charge is 0.341 e. The molecule has 0 fully saturated rings. The first-order chi connectivity index (χ1) is 10.0. The minimum atomic E-state index is -1.03. The predicted octanol–water partition coefficient (Wildman–Crippen LogP) is 3.76. The second-order valence-electron chi connectivity index (χ2n) is 4.05. The van der Waals surface area contributed by atoms with Gasteiger partial charge in [0.15, 0.2) is 12.4 Å². The van der Waals surface area contributed by atoms with Crippen LogP contribution >= 0.6 is 22.9 Å². The number of benzene rings is 1. The number of thiophene rings is 1. The van der Waals surface area contributed by atoms with Crippen molar-refractivity contribution in [1.29, 1.82) is 0 Å². The number of rotatable bonds is 6. The monoisotopic (exact) mass is 322 g/mol. The van der Waals surface area contributed by atoms with Crippen LogP contribution in [0.3, 0.4) is 0 Å². The third kappa shape index (κ3) is 4.73. The van der Waals surface area contributed by atoms with Crippen molar-refractivity contribution >= 4 is 40.8 Å². The molecule has 0 saturated heterocycles. The number of carboxylic acids is 1. The lowest BCUT2D eigenvalue weighted by Gasteiger charge is -2.02. The Balaban J connectivity index is 1.98. The average Bonchev–Trinajstić information content (AvgIpc) is 2.90. The van der Waals surface area contributed by atoms with E-state index in [-0.39, 0.29) is 12.4 Å². The second-order valence-corrected chi connectivity index (χ2v) is 5.77. The summed E-state index contributed by atoms with van der Waals surface area (Å²) in [5.74, 6) is -0.678. The molecule has 0 spiro atoms. The normalized spacial score (nSPS) is 10.7. The molecule has 1 aromatic heterocycles. The van der Waals surface area contributed by atoms with Crippen molar-refractivity contribution in [3.05, 3.63) is 57.3 Å². The summed E-state index contributed by atoms with van der Waals surface area (Å²) < 4.78 is 5.59. The third-order valence-electron chi connectivity index (χ3n) is 2.49. The second kappa shape index (κ2) is 7.06. The molecule has 108 valence electrons. The molecular formula is C15H11ClO4S. The van der Waals surface area contributed by atoms with Gasteiger partial charge < -0.3 is 9.84 Å². The van der Waals surface area contributed by atoms with Gasteiger partial charge in [-0.25, -0.2) is 4.79 Å². The van der Waals surface area contributed by atoms with Crippen LogP contribution in [-0.4, -0.2) is 23.5 Å². The van der Waals surface area contributed by atoms with Gasteiger partial charge in [0.05, 0.1) is 9.21 Å². The summed E-state index contributed by atoms with van der Waals surface area (Å²) in [6.07, 6.45) is 3.15. The molecule has 6 heteroatoms. The summed E-state index contributed by atoms with van der Waals surface area (Å²) in [5, 5.41) is 8.50. The topological polar surface area (TPSA) is 63.6 Å². The van der Waals surface area contributed by atoms with E-state index in [1.807, 2.05) is 0 Å². The van der Waals surface area contributed by atoms with Crippen LogP contribution in [0.2, 0.25) is 4.34 Å². The number of carbonyl (C=O) groups excluding carboxylic acids is 1. The molecule has 0 aliphatic heterocycles. The van der Waals surface area contributed by atoms with Gasteiger partial charge in [0, 0.05) is 0 Å². The molecule has 0 radical (unpaired) electrons.